The number of halogens is 1. The van der Waals surface area contributed by atoms with Crippen LogP contribution in [0.4, 0.5) is 4.39 Å². The van der Waals surface area contributed by atoms with Crippen molar-refractivity contribution in [2.75, 3.05) is 0 Å². The van der Waals surface area contributed by atoms with E-state index in [4.69, 9.17) is 10.5 Å². The maximum Gasteiger partial charge on any atom is 0.123 e. The summed E-state index contributed by atoms with van der Waals surface area (Å²) in [5, 5.41) is 0. The highest BCUT2D eigenvalue weighted by molar-refractivity contribution is 5.34. The quantitative estimate of drug-likeness (QED) is 0.912. The lowest BCUT2D eigenvalue weighted by atomic mass is 10.1. The van der Waals surface area contributed by atoms with E-state index in [9.17, 15) is 4.39 Å². The number of aryl methyl sites for hydroxylation is 2. The van der Waals surface area contributed by atoms with Crippen LogP contribution in [0.15, 0.2) is 36.4 Å². The molecule has 2 rings (SSSR count). The van der Waals surface area contributed by atoms with Gasteiger partial charge in [0.1, 0.15) is 18.2 Å². The molecule has 2 aromatic carbocycles. The Bertz CT molecular complexity index is 561. The van der Waals surface area contributed by atoms with E-state index in [0.29, 0.717) is 13.2 Å². The molecule has 0 aliphatic heterocycles. The second-order valence-corrected chi connectivity index (χ2v) is 4.73. The molecule has 2 N–H and O–H groups in total. The van der Waals surface area contributed by atoms with Crippen LogP contribution in [-0.2, 0) is 13.2 Å². The molecule has 0 radical (unpaired) electrons. The largest absolute Gasteiger partial charge is 0.489 e. The first-order valence-corrected chi connectivity index (χ1v) is 6.27. The molecule has 100 valence electrons. The molecule has 0 aliphatic rings. The van der Waals surface area contributed by atoms with Crippen molar-refractivity contribution >= 4 is 0 Å². The Labute approximate surface area is 113 Å². The van der Waals surface area contributed by atoms with Crippen LogP contribution < -0.4 is 10.5 Å². The van der Waals surface area contributed by atoms with E-state index >= 15 is 0 Å². The number of ether oxygens (including phenoxy) is 1. The van der Waals surface area contributed by atoms with E-state index < -0.39 is 0 Å². The summed E-state index contributed by atoms with van der Waals surface area (Å²) < 4.78 is 18.9. The summed E-state index contributed by atoms with van der Waals surface area (Å²) >= 11 is 0. The van der Waals surface area contributed by atoms with Gasteiger partial charge in [-0.05, 0) is 60.4 Å². The molecular weight excluding hydrogens is 241 g/mol. The van der Waals surface area contributed by atoms with Crippen LogP contribution in [0.1, 0.15) is 22.3 Å². The van der Waals surface area contributed by atoms with Crippen molar-refractivity contribution in [3.05, 3.63) is 64.5 Å². The lowest BCUT2D eigenvalue weighted by molar-refractivity contribution is 0.304. The maximum absolute atomic E-state index is 13.1. The third-order valence-electron chi connectivity index (χ3n) is 2.98. The number of benzene rings is 2. The van der Waals surface area contributed by atoms with E-state index in [1.54, 1.807) is 6.07 Å². The fraction of sp³-hybridized carbons (Fsp3) is 0.250. The standard InChI is InChI=1S/C16H18FNO/c1-11-5-12(2)7-16(6-11)19-10-13-3-4-15(17)8-14(13)9-18/h3-8H,9-10,18H2,1-2H3. The van der Waals surface area contributed by atoms with E-state index in [1.807, 2.05) is 26.0 Å². The molecule has 0 heterocycles. The normalized spacial score (nSPS) is 10.5. The van der Waals surface area contributed by atoms with Gasteiger partial charge in [0.05, 0.1) is 0 Å². The highest BCUT2D eigenvalue weighted by Gasteiger charge is 2.04. The van der Waals surface area contributed by atoms with Crippen LogP contribution in [0, 0.1) is 19.7 Å². The van der Waals surface area contributed by atoms with Crippen molar-refractivity contribution < 1.29 is 9.13 Å². The predicted octanol–water partition coefficient (Wildman–Crippen LogP) is 3.48. The van der Waals surface area contributed by atoms with Gasteiger partial charge < -0.3 is 10.5 Å². The van der Waals surface area contributed by atoms with Crippen LogP contribution in [0.3, 0.4) is 0 Å². The molecule has 0 aliphatic carbocycles. The molecule has 0 amide bonds. The minimum absolute atomic E-state index is 0.268. The second-order valence-electron chi connectivity index (χ2n) is 4.73. The summed E-state index contributed by atoms with van der Waals surface area (Å²) in [6, 6.07) is 10.7. The summed E-state index contributed by atoms with van der Waals surface area (Å²) in [6.07, 6.45) is 0. The molecule has 0 atom stereocenters. The van der Waals surface area contributed by atoms with Gasteiger partial charge in [0.15, 0.2) is 0 Å². The van der Waals surface area contributed by atoms with Gasteiger partial charge in [0, 0.05) is 6.54 Å². The Hall–Kier alpha value is -1.87. The van der Waals surface area contributed by atoms with Crippen molar-refractivity contribution in [2.45, 2.75) is 27.0 Å². The fourth-order valence-electron chi connectivity index (χ4n) is 2.10. The lowest BCUT2D eigenvalue weighted by Gasteiger charge is -2.11. The van der Waals surface area contributed by atoms with Crippen LogP contribution in [0.5, 0.6) is 5.75 Å². The van der Waals surface area contributed by atoms with Crippen molar-refractivity contribution in [3.63, 3.8) is 0 Å². The third kappa shape index (κ3) is 3.55. The molecule has 0 spiro atoms. The molecule has 2 aromatic rings. The summed E-state index contributed by atoms with van der Waals surface area (Å²) in [5.41, 5.74) is 9.64. The first-order valence-electron chi connectivity index (χ1n) is 6.27. The van der Waals surface area contributed by atoms with Gasteiger partial charge in [-0.15, -0.1) is 0 Å². The fourth-order valence-corrected chi connectivity index (χ4v) is 2.10. The average Bonchev–Trinajstić information content (AvgIpc) is 2.36. The van der Waals surface area contributed by atoms with Crippen LogP contribution in [-0.4, -0.2) is 0 Å². The highest BCUT2D eigenvalue weighted by atomic mass is 19.1. The molecule has 0 bridgehead atoms. The van der Waals surface area contributed by atoms with Crippen molar-refractivity contribution in [2.24, 2.45) is 5.73 Å². The van der Waals surface area contributed by atoms with Gasteiger partial charge in [0.2, 0.25) is 0 Å². The number of nitrogens with two attached hydrogens (primary N) is 1. The first kappa shape index (κ1) is 13.6. The Balaban J connectivity index is 2.14. The number of rotatable bonds is 4. The monoisotopic (exact) mass is 259 g/mol. The van der Waals surface area contributed by atoms with E-state index in [1.165, 1.54) is 12.1 Å². The molecule has 0 unspecified atom stereocenters. The van der Waals surface area contributed by atoms with Gasteiger partial charge in [-0.3, -0.25) is 0 Å². The maximum atomic E-state index is 13.1. The zero-order valence-electron chi connectivity index (χ0n) is 11.2. The second kappa shape index (κ2) is 5.85. The van der Waals surface area contributed by atoms with E-state index in [-0.39, 0.29) is 5.82 Å². The van der Waals surface area contributed by atoms with Gasteiger partial charge in [-0.1, -0.05) is 12.1 Å². The molecule has 19 heavy (non-hydrogen) atoms. The molecule has 0 saturated carbocycles. The minimum atomic E-state index is -0.268. The third-order valence-corrected chi connectivity index (χ3v) is 2.98. The SMILES string of the molecule is Cc1cc(C)cc(OCc2ccc(F)cc2CN)c1. The smallest absolute Gasteiger partial charge is 0.123 e. The van der Waals surface area contributed by atoms with Crippen molar-refractivity contribution in [3.8, 4) is 5.75 Å². The lowest BCUT2D eigenvalue weighted by Crippen LogP contribution is -2.05. The van der Waals surface area contributed by atoms with E-state index in [2.05, 4.69) is 6.07 Å². The first-order chi connectivity index (χ1) is 9.08. The summed E-state index contributed by atoms with van der Waals surface area (Å²) in [6.45, 7) is 4.77. The Morgan fingerprint density at radius 2 is 1.68 bits per heavy atom. The van der Waals surface area contributed by atoms with Gasteiger partial charge in [-0.2, -0.15) is 0 Å². The van der Waals surface area contributed by atoms with Crippen LogP contribution in [0.25, 0.3) is 0 Å². The van der Waals surface area contributed by atoms with Gasteiger partial charge >= 0.3 is 0 Å². The summed E-state index contributed by atoms with van der Waals surface area (Å²) in [4.78, 5) is 0. The van der Waals surface area contributed by atoms with Gasteiger partial charge in [0.25, 0.3) is 0 Å². The van der Waals surface area contributed by atoms with Crippen LogP contribution >= 0.6 is 0 Å². The zero-order chi connectivity index (χ0) is 13.8. The summed E-state index contributed by atoms with van der Waals surface area (Å²) in [7, 11) is 0. The predicted molar refractivity (Wildman–Crippen MR) is 74.5 cm³/mol. The molecular formula is C16H18FNO. The number of hydrogen-bond acceptors (Lipinski definition) is 2. The number of hydrogen-bond donors (Lipinski definition) is 1. The Kier molecular flexibility index (Phi) is 4.17. The van der Waals surface area contributed by atoms with Crippen LogP contribution in [0.2, 0.25) is 0 Å². The molecule has 0 aromatic heterocycles. The Morgan fingerprint density at radius 1 is 1.00 bits per heavy atom. The van der Waals surface area contributed by atoms with Crippen molar-refractivity contribution in [1.29, 1.82) is 0 Å². The average molecular weight is 259 g/mol. The summed E-state index contributed by atoms with van der Waals surface area (Å²) in [5.74, 6) is 0.556. The highest BCUT2D eigenvalue weighted by Crippen LogP contribution is 2.19. The Morgan fingerprint density at radius 3 is 2.32 bits per heavy atom. The topological polar surface area (TPSA) is 35.2 Å². The van der Waals surface area contributed by atoms with Gasteiger partial charge in [-0.25, -0.2) is 4.39 Å². The van der Waals surface area contributed by atoms with E-state index in [0.717, 1.165) is 28.0 Å². The van der Waals surface area contributed by atoms with Crippen molar-refractivity contribution in [1.82, 2.24) is 0 Å². The molecule has 2 nitrogen and oxygen atoms in total. The molecule has 0 saturated heterocycles. The zero-order valence-corrected chi connectivity index (χ0v) is 11.2. The molecule has 0 fully saturated rings. The molecule has 3 heteroatoms. The minimum Gasteiger partial charge on any atom is -0.489 e.